The van der Waals surface area contributed by atoms with Gasteiger partial charge < -0.3 is 14.4 Å². The first-order valence-corrected chi connectivity index (χ1v) is 7.38. The third-order valence-electron chi connectivity index (χ3n) is 3.76. The van der Waals surface area contributed by atoms with Crippen LogP contribution in [0.15, 0.2) is 24.5 Å². The fourth-order valence-electron chi connectivity index (χ4n) is 2.72. The predicted octanol–water partition coefficient (Wildman–Crippen LogP) is 2.15. The quantitative estimate of drug-likeness (QED) is 0.862. The van der Waals surface area contributed by atoms with Gasteiger partial charge in [-0.1, -0.05) is 0 Å². The zero-order valence-electron chi connectivity index (χ0n) is 13.1. The van der Waals surface area contributed by atoms with Crippen LogP contribution in [0.5, 0.6) is 11.6 Å². The molecule has 116 valence electrons. The zero-order chi connectivity index (χ0) is 15.5. The van der Waals surface area contributed by atoms with Crippen molar-refractivity contribution in [1.82, 2.24) is 15.0 Å². The molecule has 0 N–H and O–H groups in total. The van der Waals surface area contributed by atoms with Gasteiger partial charge in [0.05, 0.1) is 25.4 Å². The highest BCUT2D eigenvalue weighted by Gasteiger charge is 2.27. The number of anilines is 1. The smallest absolute Gasteiger partial charge is 0.221 e. The molecule has 0 saturated carbocycles. The van der Waals surface area contributed by atoms with Crippen molar-refractivity contribution in [2.24, 2.45) is 0 Å². The van der Waals surface area contributed by atoms with E-state index in [2.05, 4.69) is 19.9 Å². The molecule has 2 aromatic rings. The van der Waals surface area contributed by atoms with Crippen LogP contribution in [0.4, 0.5) is 5.82 Å². The molecule has 1 saturated heterocycles. The molecule has 0 bridgehead atoms. The number of hydrogen-bond acceptors (Lipinski definition) is 6. The summed E-state index contributed by atoms with van der Waals surface area (Å²) in [5, 5.41) is 0. The number of hydrogen-bond donors (Lipinski definition) is 0. The Morgan fingerprint density at radius 2 is 2.14 bits per heavy atom. The van der Waals surface area contributed by atoms with Crippen LogP contribution in [0, 0.1) is 13.8 Å². The van der Waals surface area contributed by atoms with E-state index in [4.69, 9.17) is 9.47 Å². The van der Waals surface area contributed by atoms with Crippen LogP contribution >= 0.6 is 0 Å². The van der Waals surface area contributed by atoms with Crippen molar-refractivity contribution in [1.29, 1.82) is 0 Å². The van der Waals surface area contributed by atoms with Crippen LogP contribution in [-0.4, -0.2) is 41.3 Å². The first kappa shape index (κ1) is 14.6. The first-order chi connectivity index (χ1) is 10.7. The van der Waals surface area contributed by atoms with Crippen molar-refractivity contribution in [3.63, 3.8) is 0 Å². The third kappa shape index (κ3) is 2.95. The molecule has 1 atom stereocenters. The van der Waals surface area contributed by atoms with Gasteiger partial charge in [0.2, 0.25) is 5.88 Å². The number of aromatic nitrogens is 3. The molecule has 0 unspecified atom stereocenters. The summed E-state index contributed by atoms with van der Waals surface area (Å²) in [6, 6.07) is 3.81. The van der Waals surface area contributed by atoms with Gasteiger partial charge in [-0.25, -0.2) is 4.98 Å². The van der Waals surface area contributed by atoms with Gasteiger partial charge in [0.1, 0.15) is 23.5 Å². The highest BCUT2D eigenvalue weighted by atomic mass is 16.5. The molecule has 3 rings (SSSR count). The molecule has 1 fully saturated rings. The maximum absolute atomic E-state index is 5.97. The van der Waals surface area contributed by atoms with Crippen molar-refractivity contribution in [2.45, 2.75) is 26.4 Å². The van der Waals surface area contributed by atoms with Gasteiger partial charge in [-0.05, 0) is 26.0 Å². The van der Waals surface area contributed by atoms with Gasteiger partial charge in [0.15, 0.2) is 0 Å². The van der Waals surface area contributed by atoms with Gasteiger partial charge in [0.25, 0.3) is 0 Å². The minimum Gasteiger partial charge on any atom is -0.487 e. The van der Waals surface area contributed by atoms with Crippen LogP contribution in [0.3, 0.4) is 0 Å². The molecule has 1 aliphatic heterocycles. The molecule has 22 heavy (non-hydrogen) atoms. The lowest BCUT2D eigenvalue weighted by Crippen LogP contribution is -2.26. The Labute approximate surface area is 130 Å². The molecular weight excluding hydrogens is 280 g/mol. The number of ether oxygens (including phenoxy) is 2. The van der Waals surface area contributed by atoms with E-state index in [0.717, 1.165) is 36.6 Å². The molecule has 0 radical (unpaired) electrons. The van der Waals surface area contributed by atoms with Crippen LogP contribution in [0.1, 0.15) is 17.8 Å². The van der Waals surface area contributed by atoms with E-state index in [9.17, 15) is 0 Å². The number of methoxy groups -OCH3 is 1. The standard InChI is InChI=1S/C16H20N4O2/c1-11-15(18-12(2)19-16(11)21-3)20-8-6-14(10-20)22-13-5-4-7-17-9-13/h4-5,7,9,14H,6,8,10H2,1-3H3/t14-/m0/s1. The molecule has 2 aromatic heterocycles. The summed E-state index contributed by atoms with van der Waals surface area (Å²) in [6.07, 6.45) is 4.59. The largest absolute Gasteiger partial charge is 0.487 e. The van der Waals surface area contributed by atoms with Crippen molar-refractivity contribution < 1.29 is 9.47 Å². The third-order valence-corrected chi connectivity index (χ3v) is 3.76. The average Bonchev–Trinajstić information content (AvgIpc) is 2.98. The summed E-state index contributed by atoms with van der Waals surface area (Å²) >= 11 is 0. The lowest BCUT2D eigenvalue weighted by molar-refractivity contribution is 0.224. The maximum Gasteiger partial charge on any atom is 0.221 e. The summed E-state index contributed by atoms with van der Waals surface area (Å²) in [7, 11) is 1.64. The molecule has 3 heterocycles. The van der Waals surface area contributed by atoms with E-state index in [0.29, 0.717) is 11.7 Å². The van der Waals surface area contributed by atoms with Crippen molar-refractivity contribution in [2.75, 3.05) is 25.1 Å². The Kier molecular flexibility index (Phi) is 4.09. The van der Waals surface area contributed by atoms with Crippen molar-refractivity contribution in [3.05, 3.63) is 35.9 Å². The van der Waals surface area contributed by atoms with Crippen LogP contribution < -0.4 is 14.4 Å². The van der Waals surface area contributed by atoms with Gasteiger partial charge in [-0.2, -0.15) is 4.98 Å². The number of nitrogens with zero attached hydrogens (tertiary/aromatic N) is 4. The molecular formula is C16H20N4O2. The Morgan fingerprint density at radius 1 is 1.27 bits per heavy atom. The van der Waals surface area contributed by atoms with Gasteiger partial charge in [-0.3, -0.25) is 4.98 Å². The fraction of sp³-hybridized carbons (Fsp3) is 0.438. The summed E-state index contributed by atoms with van der Waals surface area (Å²) in [5.74, 6) is 3.09. The normalized spacial score (nSPS) is 17.6. The van der Waals surface area contributed by atoms with Gasteiger partial charge in [0, 0.05) is 19.2 Å². The Bertz CT molecular complexity index is 648. The Hall–Kier alpha value is -2.37. The SMILES string of the molecule is COc1nc(C)nc(N2CC[C@H](Oc3cccnc3)C2)c1C. The second-order valence-electron chi connectivity index (χ2n) is 5.39. The summed E-state index contributed by atoms with van der Waals surface area (Å²) in [6.45, 7) is 5.58. The molecule has 0 aromatic carbocycles. The minimum atomic E-state index is 0.143. The minimum absolute atomic E-state index is 0.143. The van der Waals surface area contributed by atoms with E-state index in [1.807, 2.05) is 26.0 Å². The highest BCUT2D eigenvalue weighted by molar-refractivity contribution is 5.51. The maximum atomic E-state index is 5.97. The average molecular weight is 300 g/mol. The topological polar surface area (TPSA) is 60.4 Å². The molecule has 0 spiro atoms. The summed E-state index contributed by atoms with van der Waals surface area (Å²) in [5.41, 5.74) is 0.968. The predicted molar refractivity (Wildman–Crippen MR) is 83.5 cm³/mol. The van der Waals surface area contributed by atoms with E-state index in [1.54, 1.807) is 19.5 Å². The second-order valence-corrected chi connectivity index (χ2v) is 5.39. The molecule has 6 nitrogen and oxygen atoms in total. The monoisotopic (exact) mass is 300 g/mol. The molecule has 1 aliphatic rings. The second kappa shape index (κ2) is 6.17. The van der Waals surface area contributed by atoms with E-state index in [-0.39, 0.29) is 6.10 Å². The van der Waals surface area contributed by atoms with E-state index < -0.39 is 0 Å². The van der Waals surface area contributed by atoms with Gasteiger partial charge in [-0.15, -0.1) is 0 Å². The molecule has 0 aliphatic carbocycles. The van der Waals surface area contributed by atoms with E-state index >= 15 is 0 Å². The molecule has 0 amide bonds. The summed E-state index contributed by atoms with van der Waals surface area (Å²) in [4.78, 5) is 15.2. The Balaban J connectivity index is 1.74. The highest BCUT2D eigenvalue weighted by Crippen LogP contribution is 2.28. The lowest BCUT2D eigenvalue weighted by Gasteiger charge is -2.21. The van der Waals surface area contributed by atoms with Crippen LogP contribution in [0.25, 0.3) is 0 Å². The lowest BCUT2D eigenvalue weighted by atomic mass is 10.3. The summed E-state index contributed by atoms with van der Waals surface area (Å²) < 4.78 is 11.3. The Morgan fingerprint density at radius 3 is 2.86 bits per heavy atom. The van der Waals surface area contributed by atoms with Crippen molar-refractivity contribution >= 4 is 5.82 Å². The van der Waals surface area contributed by atoms with Crippen molar-refractivity contribution in [3.8, 4) is 11.6 Å². The fourth-order valence-corrected chi connectivity index (χ4v) is 2.72. The van der Waals surface area contributed by atoms with Crippen LogP contribution in [-0.2, 0) is 0 Å². The van der Waals surface area contributed by atoms with Gasteiger partial charge >= 0.3 is 0 Å². The number of pyridine rings is 1. The number of rotatable bonds is 4. The van der Waals surface area contributed by atoms with E-state index in [1.165, 1.54) is 0 Å². The number of aryl methyl sites for hydroxylation is 1. The molecule has 6 heteroatoms. The first-order valence-electron chi connectivity index (χ1n) is 7.38. The zero-order valence-corrected chi connectivity index (χ0v) is 13.1. The van der Waals surface area contributed by atoms with Crippen LogP contribution in [0.2, 0.25) is 0 Å².